The fraction of sp³-hybridized carbons (Fsp3) is 0.200. The van der Waals surface area contributed by atoms with Gasteiger partial charge in [0.2, 0.25) is 0 Å². The van der Waals surface area contributed by atoms with Gasteiger partial charge in [0.05, 0.1) is 0 Å². The van der Waals surface area contributed by atoms with Crippen molar-refractivity contribution in [2.45, 2.75) is 12.2 Å². The Morgan fingerprint density at radius 3 is 2.55 bits per heavy atom. The third-order valence-corrected chi connectivity index (χ3v) is 1.89. The molecule has 11 heavy (non-hydrogen) atoms. The summed E-state index contributed by atoms with van der Waals surface area (Å²) < 4.78 is 5.33. The predicted molar refractivity (Wildman–Crippen MR) is 44.3 cm³/mol. The maximum Gasteiger partial charge on any atom is 0.113 e. The second kappa shape index (κ2) is 2.51. The second-order valence-corrected chi connectivity index (χ2v) is 2.67. The van der Waals surface area contributed by atoms with Gasteiger partial charge in [-0.3, -0.25) is 0 Å². The van der Waals surface area contributed by atoms with Crippen LogP contribution in [-0.2, 0) is 4.74 Å². The van der Waals surface area contributed by atoms with Crippen LogP contribution in [0, 0.1) is 0 Å². The summed E-state index contributed by atoms with van der Waals surface area (Å²) in [5, 5.41) is 0. The van der Waals surface area contributed by atoms with Crippen LogP contribution >= 0.6 is 0 Å². The highest BCUT2D eigenvalue weighted by molar-refractivity contribution is 5.24. The van der Waals surface area contributed by atoms with Crippen LogP contribution in [0.4, 0.5) is 0 Å². The van der Waals surface area contributed by atoms with E-state index in [1.807, 2.05) is 24.3 Å². The molecular formula is C10H10O. The van der Waals surface area contributed by atoms with Crippen molar-refractivity contribution in [1.29, 1.82) is 0 Å². The topological polar surface area (TPSA) is 12.5 Å². The molecule has 1 aromatic carbocycles. The molecule has 1 fully saturated rings. The van der Waals surface area contributed by atoms with E-state index in [1.165, 1.54) is 5.56 Å². The minimum Gasteiger partial charge on any atom is -0.360 e. The van der Waals surface area contributed by atoms with E-state index in [9.17, 15) is 0 Å². The Balaban J connectivity index is 2.14. The molecule has 1 heterocycles. The van der Waals surface area contributed by atoms with E-state index in [1.54, 1.807) is 0 Å². The summed E-state index contributed by atoms with van der Waals surface area (Å²) in [6.07, 6.45) is 2.36. The lowest BCUT2D eigenvalue weighted by molar-refractivity contribution is 0.394. The van der Waals surface area contributed by atoms with Crippen LogP contribution in [0.3, 0.4) is 0 Å². The van der Waals surface area contributed by atoms with Crippen LogP contribution < -0.4 is 0 Å². The van der Waals surface area contributed by atoms with Crippen molar-refractivity contribution >= 4 is 0 Å². The SMILES string of the molecule is C=C[C@H]1O[C@@H]1c1ccccc1. The Labute approximate surface area is 66.3 Å². The normalized spacial score (nSPS) is 28.0. The molecule has 1 heteroatoms. The Morgan fingerprint density at radius 2 is 2.00 bits per heavy atom. The van der Waals surface area contributed by atoms with Gasteiger partial charge in [-0.25, -0.2) is 0 Å². The monoisotopic (exact) mass is 146 g/mol. The van der Waals surface area contributed by atoms with Crippen molar-refractivity contribution in [3.63, 3.8) is 0 Å². The summed E-state index contributed by atoms with van der Waals surface area (Å²) in [5.74, 6) is 0. The van der Waals surface area contributed by atoms with E-state index in [0.29, 0.717) is 0 Å². The minimum absolute atomic E-state index is 0.248. The molecule has 0 unspecified atom stereocenters. The number of hydrogen-bond donors (Lipinski definition) is 0. The molecule has 0 aromatic heterocycles. The van der Waals surface area contributed by atoms with Crippen molar-refractivity contribution in [3.8, 4) is 0 Å². The van der Waals surface area contributed by atoms with Gasteiger partial charge in [-0.15, -0.1) is 6.58 Å². The van der Waals surface area contributed by atoms with Crippen molar-refractivity contribution in [1.82, 2.24) is 0 Å². The van der Waals surface area contributed by atoms with E-state index >= 15 is 0 Å². The summed E-state index contributed by atoms with van der Waals surface area (Å²) in [4.78, 5) is 0. The Hall–Kier alpha value is -1.08. The molecule has 2 atom stereocenters. The average molecular weight is 146 g/mol. The lowest BCUT2D eigenvalue weighted by atomic mass is 10.1. The maximum absolute atomic E-state index is 5.33. The summed E-state index contributed by atoms with van der Waals surface area (Å²) in [6, 6.07) is 10.2. The van der Waals surface area contributed by atoms with Crippen molar-refractivity contribution < 1.29 is 4.74 Å². The summed E-state index contributed by atoms with van der Waals surface area (Å²) in [6.45, 7) is 3.67. The molecular weight excluding hydrogens is 136 g/mol. The summed E-state index contributed by atoms with van der Waals surface area (Å²) >= 11 is 0. The number of rotatable bonds is 2. The fourth-order valence-electron chi connectivity index (χ4n) is 1.21. The van der Waals surface area contributed by atoms with Crippen LogP contribution in [0.15, 0.2) is 43.0 Å². The Bertz CT molecular complexity index is 253. The second-order valence-electron chi connectivity index (χ2n) is 2.67. The van der Waals surface area contributed by atoms with Gasteiger partial charge in [0.15, 0.2) is 0 Å². The first kappa shape index (κ1) is 6.62. The Morgan fingerprint density at radius 1 is 1.27 bits per heavy atom. The zero-order valence-corrected chi connectivity index (χ0v) is 6.23. The molecule has 1 nitrogen and oxygen atoms in total. The average Bonchev–Trinajstić information content (AvgIpc) is 2.85. The fourth-order valence-corrected chi connectivity index (χ4v) is 1.21. The van der Waals surface area contributed by atoms with Gasteiger partial charge in [-0.2, -0.15) is 0 Å². The number of epoxide rings is 1. The highest BCUT2D eigenvalue weighted by Crippen LogP contribution is 2.38. The van der Waals surface area contributed by atoms with E-state index in [0.717, 1.165) is 0 Å². The van der Waals surface area contributed by atoms with Gasteiger partial charge in [0.25, 0.3) is 0 Å². The molecule has 0 bridgehead atoms. The molecule has 0 amide bonds. The highest BCUT2D eigenvalue weighted by atomic mass is 16.6. The standard InChI is InChI=1S/C10H10O/c1-2-9-10(11-9)8-6-4-3-5-7-8/h2-7,9-10H,1H2/t9-,10-/m1/s1. The van der Waals surface area contributed by atoms with E-state index in [2.05, 4.69) is 18.7 Å². The maximum atomic E-state index is 5.33. The molecule has 0 saturated carbocycles. The summed E-state index contributed by atoms with van der Waals surface area (Å²) in [7, 11) is 0. The molecule has 1 saturated heterocycles. The van der Waals surface area contributed by atoms with Crippen molar-refractivity contribution in [3.05, 3.63) is 48.6 Å². The van der Waals surface area contributed by atoms with Crippen LogP contribution in [0.2, 0.25) is 0 Å². The van der Waals surface area contributed by atoms with Crippen molar-refractivity contribution in [2.75, 3.05) is 0 Å². The molecule has 0 radical (unpaired) electrons. The lowest BCUT2D eigenvalue weighted by Gasteiger charge is -1.91. The molecule has 1 aliphatic rings. The summed E-state index contributed by atoms with van der Waals surface area (Å²) in [5.41, 5.74) is 1.25. The molecule has 0 spiro atoms. The van der Waals surface area contributed by atoms with Gasteiger partial charge < -0.3 is 4.74 Å². The van der Waals surface area contributed by atoms with Gasteiger partial charge in [-0.1, -0.05) is 36.4 Å². The van der Waals surface area contributed by atoms with Gasteiger partial charge in [-0.05, 0) is 5.56 Å². The largest absolute Gasteiger partial charge is 0.360 e. The van der Waals surface area contributed by atoms with Crippen LogP contribution in [0.25, 0.3) is 0 Å². The third kappa shape index (κ3) is 1.19. The van der Waals surface area contributed by atoms with Crippen LogP contribution in [0.5, 0.6) is 0 Å². The van der Waals surface area contributed by atoms with Crippen LogP contribution in [-0.4, -0.2) is 6.10 Å². The van der Waals surface area contributed by atoms with Gasteiger partial charge in [0, 0.05) is 0 Å². The van der Waals surface area contributed by atoms with E-state index < -0.39 is 0 Å². The zero-order chi connectivity index (χ0) is 7.68. The van der Waals surface area contributed by atoms with Gasteiger partial charge >= 0.3 is 0 Å². The predicted octanol–water partition coefficient (Wildman–Crippen LogP) is 2.31. The molecule has 1 aromatic rings. The number of hydrogen-bond acceptors (Lipinski definition) is 1. The smallest absolute Gasteiger partial charge is 0.113 e. The molecule has 2 rings (SSSR count). The van der Waals surface area contributed by atoms with E-state index in [-0.39, 0.29) is 12.2 Å². The van der Waals surface area contributed by atoms with Crippen LogP contribution in [0.1, 0.15) is 11.7 Å². The van der Waals surface area contributed by atoms with Gasteiger partial charge in [0.1, 0.15) is 12.2 Å². The lowest BCUT2D eigenvalue weighted by Crippen LogP contribution is -1.81. The van der Waals surface area contributed by atoms with E-state index in [4.69, 9.17) is 4.74 Å². The quantitative estimate of drug-likeness (QED) is 0.460. The first-order chi connectivity index (χ1) is 5.42. The molecule has 0 aliphatic carbocycles. The number of ether oxygens (including phenoxy) is 1. The first-order valence-corrected chi connectivity index (χ1v) is 3.75. The highest BCUT2D eigenvalue weighted by Gasteiger charge is 2.36. The molecule has 0 N–H and O–H groups in total. The molecule has 56 valence electrons. The zero-order valence-electron chi connectivity index (χ0n) is 6.23. The molecule has 1 aliphatic heterocycles. The van der Waals surface area contributed by atoms with Crippen molar-refractivity contribution in [2.24, 2.45) is 0 Å². The Kier molecular flexibility index (Phi) is 1.51. The minimum atomic E-state index is 0.248. The first-order valence-electron chi connectivity index (χ1n) is 3.75. The number of benzene rings is 1. The third-order valence-electron chi connectivity index (χ3n) is 1.89.